The van der Waals surface area contributed by atoms with E-state index < -0.39 is 23.6 Å². The van der Waals surface area contributed by atoms with Gasteiger partial charge in [-0.25, -0.2) is 0 Å². The van der Waals surface area contributed by atoms with Crippen LogP contribution < -0.4 is 22.9 Å². The molecule has 1 heterocycles. The van der Waals surface area contributed by atoms with E-state index in [1.165, 1.54) is 0 Å². The summed E-state index contributed by atoms with van der Waals surface area (Å²) in [6.45, 7) is 5.29. The standard InChI is InChI=1S/C27H44N8O4S/c1-2-23(40)14-21-5-3-20(4-6-21)13-22-15-34(18-26(30)38)10-9-32(16-24(28)36)7-8-33(17-25(29)37)11-12-35(22)19-27(31)39/h3-6,22H,2,7-19H2,1H3,(H2,28,36)(H2,29,37)(H2,30,38)(H2,31,39). The fourth-order valence-corrected chi connectivity index (χ4v) is 5.05. The lowest BCUT2D eigenvalue weighted by molar-refractivity contribution is -0.122. The number of carbonyl (C=O) groups excluding carboxylic acids is 4. The Labute approximate surface area is 241 Å². The van der Waals surface area contributed by atoms with E-state index in [9.17, 15) is 19.2 Å². The van der Waals surface area contributed by atoms with E-state index in [0.29, 0.717) is 52.2 Å². The van der Waals surface area contributed by atoms with E-state index in [1.54, 1.807) is 0 Å². The molecule has 0 spiro atoms. The first-order chi connectivity index (χ1) is 18.9. The number of carbonyl (C=O) groups is 4. The lowest BCUT2D eigenvalue weighted by atomic mass is 10.00. The van der Waals surface area contributed by atoms with Crippen LogP contribution in [0.5, 0.6) is 0 Å². The van der Waals surface area contributed by atoms with Gasteiger partial charge in [0.15, 0.2) is 0 Å². The Hall–Kier alpha value is -2.97. The highest BCUT2D eigenvalue weighted by Crippen LogP contribution is 2.15. The van der Waals surface area contributed by atoms with Crippen LogP contribution in [0.1, 0.15) is 24.5 Å². The quantitative estimate of drug-likeness (QED) is 0.194. The monoisotopic (exact) mass is 576 g/mol. The molecule has 1 saturated heterocycles. The third-order valence-corrected chi connectivity index (χ3v) is 7.37. The summed E-state index contributed by atoms with van der Waals surface area (Å²) in [4.78, 5) is 56.3. The van der Waals surface area contributed by atoms with Crippen molar-refractivity contribution in [2.75, 3.05) is 72.0 Å². The van der Waals surface area contributed by atoms with Crippen LogP contribution in [0, 0.1) is 0 Å². The van der Waals surface area contributed by atoms with Crippen molar-refractivity contribution in [3.63, 3.8) is 0 Å². The summed E-state index contributed by atoms with van der Waals surface area (Å²) in [7, 11) is 0. The highest BCUT2D eigenvalue weighted by atomic mass is 32.1. The van der Waals surface area contributed by atoms with Gasteiger partial charge in [0.1, 0.15) is 0 Å². The number of hydrogen-bond donors (Lipinski definition) is 4. The number of hydrogen-bond acceptors (Lipinski definition) is 9. The molecule has 1 aliphatic heterocycles. The number of rotatable bonds is 13. The number of nitrogens with zero attached hydrogens (tertiary/aromatic N) is 4. The maximum atomic E-state index is 12.1. The van der Waals surface area contributed by atoms with Crippen molar-refractivity contribution in [1.29, 1.82) is 0 Å². The summed E-state index contributed by atoms with van der Waals surface area (Å²) in [5, 5.41) is 0. The zero-order valence-electron chi connectivity index (χ0n) is 23.4. The first-order valence-corrected chi connectivity index (χ1v) is 14.0. The van der Waals surface area contributed by atoms with Crippen LogP contribution in [0.4, 0.5) is 0 Å². The van der Waals surface area contributed by atoms with Crippen molar-refractivity contribution in [2.24, 2.45) is 22.9 Å². The normalized spacial score (nSPS) is 18.9. The predicted octanol–water partition coefficient (Wildman–Crippen LogP) is -1.92. The summed E-state index contributed by atoms with van der Waals surface area (Å²) in [6.07, 6.45) is 2.18. The molecule has 0 aliphatic carbocycles. The molecular formula is C27H44N8O4S. The van der Waals surface area contributed by atoms with Gasteiger partial charge in [-0.1, -0.05) is 43.4 Å². The molecule has 222 valence electrons. The van der Waals surface area contributed by atoms with Crippen LogP contribution in [0.25, 0.3) is 0 Å². The largest absolute Gasteiger partial charge is 0.369 e. The number of primary amides is 4. The molecule has 1 fully saturated rings. The second-order valence-corrected chi connectivity index (χ2v) is 10.9. The SMILES string of the molecule is CCC(=S)Cc1ccc(CC2CN(CC(N)=O)CCN(CC(N)=O)CCN(CC(N)=O)CCN2CC(N)=O)cc1. The van der Waals surface area contributed by atoms with Gasteiger partial charge in [0.2, 0.25) is 23.6 Å². The average Bonchev–Trinajstić information content (AvgIpc) is 2.86. The summed E-state index contributed by atoms with van der Waals surface area (Å²) in [5.74, 6) is -1.89. The molecule has 1 aliphatic rings. The van der Waals surface area contributed by atoms with E-state index in [-0.39, 0.29) is 32.2 Å². The van der Waals surface area contributed by atoms with E-state index in [0.717, 1.165) is 28.8 Å². The van der Waals surface area contributed by atoms with E-state index >= 15 is 0 Å². The zero-order chi connectivity index (χ0) is 29.7. The highest BCUT2D eigenvalue weighted by molar-refractivity contribution is 7.80. The molecule has 8 N–H and O–H groups in total. The Kier molecular flexibility index (Phi) is 14.1. The smallest absolute Gasteiger partial charge is 0.231 e. The fraction of sp³-hybridized carbons (Fsp3) is 0.593. The van der Waals surface area contributed by atoms with Gasteiger partial charge in [-0.2, -0.15) is 0 Å². The Balaban J connectivity index is 2.38. The van der Waals surface area contributed by atoms with E-state index in [2.05, 4.69) is 24.3 Å². The van der Waals surface area contributed by atoms with Crippen molar-refractivity contribution in [3.8, 4) is 0 Å². The van der Waals surface area contributed by atoms with Gasteiger partial charge in [-0.05, 0) is 28.8 Å². The molecule has 40 heavy (non-hydrogen) atoms. The minimum absolute atomic E-state index is 0.0101. The molecule has 1 aromatic carbocycles. The summed E-state index contributed by atoms with van der Waals surface area (Å²) >= 11 is 5.39. The van der Waals surface area contributed by atoms with Crippen LogP contribution in [0.15, 0.2) is 24.3 Å². The van der Waals surface area contributed by atoms with Crippen LogP contribution in [0.2, 0.25) is 0 Å². The van der Waals surface area contributed by atoms with E-state index in [1.807, 2.05) is 26.5 Å². The van der Waals surface area contributed by atoms with Gasteiger partial charge in [-0.15, -0.1) is 0 Å². The third-order valence-electron chi connectivity index (χ3n) is 6.94. The van der Waals surface area contributed by atoms with Gasteiger partial charge in [-0.3, -0.25) is 38.8 Å². The minimum Gasteiger partial charge on any atom is -0.369 e. The molecule has 0 bridgehead atoms. The van der Waals surface area contributed by atoms with Gasteiger partial charge in [0, 0.05) is 58.3 Å². The lowest BCUT2D eigenvalue weighted by Crippen LogP contribution is -2.54. The van der Waals surface area contributed by atoms with Crippen molar-refractivity contribution in [3.05, 3.63) is 35.4 Å². The molecule has 1 atom stereocenters. The summed E-state index contributed by atoms with van der Waals surface area (Å²) < 4.78 is 0. The fourth-order valence-electron chi connectivity index (χ4n) is 4.89. The Morgan fingerprint density at radius 1 is 0.700 bits per heavy atom. The minimum atomic E-state index is -0.476. The number of benzene rings is 1. The molecule has 0 radical (unpaired) electrons. The Morgan fingerprint density at radius 2 is 1.12 bits per heavy atom. The number of thiocarbonyl (C=S) groups is 1. The molecule has 1 aromatic rings. The van der Waals surface area contributed by atoms with Gasteiger partial charge >= 0.3 is 0 Å². The van der Waals surface area contributed by atoms with E-state index in [4.69, 9.17) is 35.2 Å². The molecule has 1 unspecified atom stereocenters. The van der Waals surface area contributed by atoms with Crippen LogP contribution >= 0.6 is 12.2 Å². The Bertz CT molecular complexity index is 1020. The molecular weight excluding hydrogens is 532 g/mol. The predicted molar refractivity (Wildman–Crippen MR) is 158 cm³/mol. The molecule has 12 nitrogen and oxygen atoms in total. The second-order valence-electron chi connectivity index (χ2n) is 10.4. The molecule has 13 heteroatoms. The van der Waals surface area contributed by atoms with Crippen LogP contribution in [0.3, 0.4) is 0 Å². The van der Waals surface area contributed by atoms with Gasteiger partial charge < -0.3 is 22.9 Å². The van der Waals surface area contributed by atoms with Crippen molar-refractivity contribution in [1.82, 2.24) is 19.6 Å². The molecule has 0 aromatic heterocycles. The topological polar surface area (TPSA) is 185 Å². The zero-order valence-corrected chi connectivity index (χ0v) is 24.2. The van der Waals surface area contributed by atoms with Crippen molar-refractivity contribution in [2.45, 2.75) is 32.2 Å². The summed E-state index contributed by atoms with van der Waals surface area (Å²) in [6, 6.07) is 8.02. The maximum absolute atomic E-state index is 12.1. The second kappa shape index (κ2) is 17.0. The maximum Gasteiger partial charge on any atom is 0.231 e. The third kappa shape index (κ3) is 12.9. The molecule has 4 amide bonds. The van der Waals surface area contributed by atoms with Gasteiger partial charge in [0.05, 0.1) is 26.2 Å². The van der Waals surface area contributed by atoms with Crippen molar-refractivity contribution < 1.29 is 19.2 Å². The number of nitrogens with two attached hydrogens (primary N) is 4. The average molecular weight is 577 g/mol. The summed E-state index contributed by atoms with van der Waals surface area (Å²) in [5.41, 5.74) is 24.4. The van der Waals surface area contributed by atoms with Crippen LogP contribution in [-0.2, 0) is 32.0 Å². The van der Waals surface area contributed by atoms with Gasteiger partial charge in [0.25, 0.3) is 0 Å². The first-order valence-electron chi connectivity index (χ1n) is 13.6. The number of amides is 4. The van der Waals surface area contributed by atoms with Crippen molar-refractivity contribution >= 4 is 40.7 Å². The highest BCUT2D eigenvalue weighted by Gasteiger charge is 2.26. The molecule has 0 saturated carbocycles. The Morgan fingerprint density at radius 3 is 1.60 bits per heavy atom. The first kappa shape index (κ1) is 33.2. The molecule has 2 rings (SSSR count). The lowest BCUT2D eigenvalue weighted by Gasteiger charge is -2.38. The van der Waals surface area contributed by atoms with Crippen LogP contribution in [-0.4, -0.2) is 126 Å².